The number of likely N-dealkylation sites (tertiary alicyclic amines) is 1. The van der Waals surface area contributed by atoms with Crippen LogP contribution in [0.4, 0.5) is 0 Å². The highest BCUT2D eigenvalue weighted by molar-refractivity contribution is 7.91. The molecule has 5 nitrogen and oxygen atoms in total. The fourth-order valence-corrected chi connectivity index (χ4v) is 2.95. The Bertz CT molecular complexity index is 561. The summed E-state index contributed by atoms with van der Waals surface area (Å²) in [6, 6.07) is 6.19. The topological polar surface area (TPSA) is 74.7 Å². The molecule has 0 radical (unpaired) electrons. The van der Waals surface area contributed by atoms with Gasteiger partial charge in [-0.15, -0.1) is 0 Å². The van der Waals surface area contributed by atoms with Crippen molar-refractivity contribution in [3.8, 4) is 0 Å². The number of carbonyl (C=O) groups excluding carboxylic acids is 1. The normalized spacial score (nSPS) is 16.4. The first-order valence-electron chi connectivity index (χ1n) is 5.75. The Balaban J connectivity index is 2.37. The molecule has 0 saturated carbocycles. The van der Waals surface area contributed by atoms with Crippen LogP contribution in [0.3, 0.4) is 0 Å². The zero-order valence-corrected chi connectivity index (χ0v) is 10.9. The van der Waals surface area contributed by atoms with E-state index < -0.39 is 15.9 Å². The summed E-state index contributed by atoms with van der Waals surface area (Å²) >= 11 is 0. The Morgan fingerprint density at radius 2 is 2.00 bits per heavy atom. The summed E-state index contributed by atoms with van der Waals surface area (Å²) in [6.45, 7) is 2.07. The maximum atomic E-state index is 12.1. The first-order valence-corrected chi connectivity index (χ1v) is 7.40. The van der Waals surface area contributed by atoms with Crippen LogP contribution in [-0.4, -0.2) is 49.3 Å². The fourth-order valence-electron chi connectivity index (χ4n) is 1.86. The minimum atomic E-state index is -3.42. The maximum Gasteiger partial charge on any atom is 0.255 e. The number of β-amino-alcohol motifs (C(OH)–C–C–N with tert-alkyl or cyclic N) is 1. The van der Waals surface area contributed by atoms with E-state index in [0.717, 1.165) is 0 Å². The molecule has 1 N–H and O–H groups in total. The SMILES string of the molecule is CCS(=O)(=O)c1ccccc1C(=O)N1CC(O)C1. The van der Waals surface area contributed by atoms with Crippen molar-refractivity contribution in [2.75, 3.05) is 18.8 Å². The molecule has 98 valence electrons. The molecule has 1 aromatic carbocycles. The first kappa shape index (κ1) is 13.0. The van der Waals surface area contributed by atoms with Crippen molar-refractivity contribution >= 4 is 15.7 Å². The van der Waals surface area contributed by atoms with E-state index in [9.17, 15) is 18.3 Å². The average molecular weight is 269 g/mol. The Hall–Kier alpha value is -1.40. The highest BCUT2D eigenvalue weighted by Crippen LogP contribution is 2.21. The summed E-state index contributed by atoms with van der Waals surface area (Å²) in [5, 5.41) is 9.18. The van der Waals surface area contributed by atoms with Gasteiger partial charge in [-0.1, -0.05) is 19.1 Å². The van der Waals surface area contributed by atoms with Crippen molar-refractivity contribution in [3.63, 3.8) is 0 Å². The number of nitrogens with zero attached hydrogens (tertiary/aromatic N) is 1. The number of amides is 1. The minimum Gasteiger partial charge on any atom is -0.389 e. The third kappa shape index (κ3) is 2.26. The van der Waals surface area contributed by atoms with Gasteiger partial charge in [0.25, 0.3) is 5.91 Å². The monoisotopic (exact) mass is 269 g/mol. The van der Waals surface area contributed by atoms with Crippen LogP contribution in [0.25, 0.3) is 0 Å². The predicted molar refractivity (Wildman–Crippen MR) is 66.1 cm³/mol. The molecule has 0 aliphatic carbocycles. The van der Waals surface area contributed by atoms with E-state index in [-0.39, 0.29) is 35.2 Å². The number of carbonyl (C=O) groups is 1. The minimum absolute atomic E-state index is 0.0417. The molecule has 1 saturated heterocycles. The number of benzene rings is 1. The van der Waals surface area contributed by atoms with Gasteiger partial charge in [0.05, 0.1) is 22.3 Å². The van der Waals surface area contributed by atoms with Crippen LogP contribution in [0.15, 0.2) is 29.2 Å². The quantitative estimate of drug-likeness (QED) is 0.856. The Kier molecular flexibility index (Phi) is 3.41. The Labute approximate surface area is 106 Å². The number of sulfone groups is 1. The van der Waals surface area contributed by atoms with Crippen LogP contribution < -0.4 is 0 Å². The Morgan fingerprint density at radius 1 is 1.39 bits per heavy atom. The fraction of sp³-hybridized carbons (Fsp3) is 0.417. The van der Waals surface area contributed by atoms with Crippen molar-refractivity contribution in [3.05, 3.63) is 29.8 Å². The molecule has 1 amide bonds. The van der Waals surface area contributed by atoms with Crippen LogP contribution in [0.5, 0.6) is 0 Å². The van der Waals surface area contributed by atoms with Crippen LogP contribution in [0.2, 0.25) is 0 Å². The van der Waals surface area contributed by atoms with Gasteiger partial charge < -0.3 is 10.0 Å². The summed E-state index contributed by atoms with van der Waals surface area (Å²) in [5.74, 6) is -0.382. The summed E-state index contributed by atoms with van der Waals surface area (Å²) in [6.07, 6.45) is -0.496. The van der Waals surface area contributed by atoms with E-state index in [1.54, 1.807) is 19.1 Å². The molecule has 0 spiro atoms. The standard InChI is InChI=1S/C12H15NO4S/c1-2-18(16,17)11-6-4-3-5-10(11)12(15)13-7-9(14)8-13/h3-6,9,14H,2,7-8H2,1H3. The largest absolute Gasteiger partial charge is 0.389 e. The van der Waals surface area contributed by atoms with Gasteiger partial charge in [-0.05, 0) is 12.1 Å². The number of aliphatic hydroxyl groups excluding tert-OH is 1. The lowest BCUT2D eigenvalue weighted by molar-refractivity contribution is 0.00564. The molecule has 18 heavy (non-hydrogen) atoms. The molecule has 0 atom stereocenters. The molecule has 0 unspecified atom stereocenters. The average Bonchev–Trinajstić information content (AvgIpc) is 2.34. The second-order valence-corrected chi connectivity index (χ2v) is 6.51. The molecule has 1 fully saturated rings. The van der Waals surface area contributed by atoms with Gasteiger partial charge in [-0.3, -0.25) is 4.79 Å². The van der Waals surface area contributed by atoms with Gasteiger partial charge in [-0.2, -0.15) is 0 Å². The molecule has 6 heteroatoms. The molecule has 1 aliphatic heterocycles. The Morgan fingerprint density at radius 3 is 2.56 bits per heavy atom. The van der Waals surface area contributed by atoms with Gasteiger partial charge in [0.15, 0.2) is 9.84 Å². The van der Waals surface area contributed by atoms with Gasteiger partial charge in [-0.25, -0.2) is 8.42 Å². The number of aliphatic hydroxyl groups is 1. The van der Waals surface area contributed by atoms with E-state index in [1.165, 1.54) is 17.0 Å². The van der Waals surface area contributed by atoms with E-state index in [4.69, 9.17) is 0 Å². The zero-order valence-electron chi connectivity index (χ0n) is 10.0. The highest BCUT2D eigenvalue weighted by Gasteiger charge is 2.32. The third-order valence-corrected chi connectivity index (χ3v) is 4.77. The summed E-state index contributed by atoms with van der Waals surface area (Å²) < 4.78 is 23.8. The van der Waals surface area contributed by atoms with E-state index >= 15 is 0 Å². The van der Waals surface area contributed by atoms with Gasteiger partial charge >= 0.3 is 0 Å². The molecule has 0 bridgehead atoms. The molecule has 0 aromatic heterocycles. The van der Waals surface area contributed by atoms with E-state index in [2.05, 4.69) is 0 Å². The molecular weight excluding hydrogens is 254 g/mol. The molecule has 2 rings (SSSR count). The van der Waals surface area contributed by atoms with Gasteiger partial charge in [0, 0.05) is 13.1 Å². The lowest BCUT2D eigenvalue weighted by atomic mass is 10.1. The lowest BCUT2D eigenvalue weighted by Gasteiger charge is -2.36. The molecule has 1 aliphatic rings. The number of hydrogen-bond acceptors (Lipinski definition) is 4. The second-order valence-electron chi connectivity index (χ2n) is 4.26. The zero-order chi connectivity index (χ0) is 13.3. The third-order valence-electron chi connectivity index (χ3n) is 2.98. The maximum absolute atomic E-state index is 12.1. The van der Waals surface area contributed by atoms with Gasteiger partial charge in [0.2, 0.25) is 0 Å². The van der Waals surface area contributed by atoms with E-state index in [1.807, 2.05) is 0 Å². The van der Waals surface area contributed by atoms with Crippen LogP contribution in [0.1, 0.15) is 17.3 Å². The smallest absolute Gasteiger partial charge is 0.255 e. The van der Waals surface area contributed by atoms with Crippen LogP contribution >= 0.6 is 0 Å². The van der Waals surface area contributed by atoms with Crippen molar-refractivity contribution in [2.24, 2.45) is 0 Å². The van der Waals surface area contributed by atoms with Crippen LogP contribution in [-0.2, 0) is 9.84 Å². The van der Waals surface area contributed by atoms with Crippen molar-refractivity contribution in [2.45, 2.75) is 17.9 Å². The summed E-state index contributed by atoms with van der Waals surface area (Å²) in [7, 11) is -3.42. The summed E-state index contributed by atoms with van der Waals surface area (Å²) in [5.41, 5.74) is 0.186. The number of rotatable bonds is 3. The van der Waals surface area contributed by atoms with Gasteiger partial charge in [0.1, 0.15) is 0 Å². The molecular formula is C12H15NO4S. The second kappa shape index (κ2) is 4.70. The van der Waals surface area contributed by atoms with Crippen molar-refractivity contribution in [1.82, 2.24) is 4.90 Å². The lowest BCUT2D eigenvalue weighted by Crippen LogP contribution is -2.53. The molecule has 1 heterocycles. The van der Waals surface area contributed by atoms with Crippen LogP contribution in [0, 0.1) is 0 Å². The molecule has 1 aromatic rings. The van der Waals surface area contributed by atoms with Crippen molar-refractivity contribution < 1.29 is 18.3 Å². The highest BCUT2D eigenvalue weighted by atomic mass is 32.2. The summed E-state index contributed by atoms with van der Waals surface area (Å²) in [4.78, 5) is 13.6. The van der Waals surface area contributed by atoms with E-state index in [0.29, 0.717) is 0 Å². The predicted octanol–water partition coefficient (Wildman–Crippen LogP) is 0.297. The number of hydrogen-bond donors (Lipinski definition) is 1. The van der Waals surface area contributed by atoms with Crippen molar-refractivity contribution in [1.29, 1.82) is 0 Å². The first-order chi connectivity index (χ1) is 8.45.